The van der Waals surface area contributed by atoms with Crippen LogP contribution in [0.5, 0.6) is 0 Å². The van der Waals surface area contributed by atoms with Crippen molar-refractivity contribution in [3.63, 3.8) is 0 Å². The standard InChI is InChI=1S/C23H22N4O2S/c1-13-9-10-17(15(3)11-13)20-22-21(24-16(4)30-22)23(29)27(26-20)12-19(28)25-18-8-6-5-7-14(18)2/h5-11H,12H2,1-4H3,(H,25,28). The van der Waals surface area contributed by atoms with Crippen LogP contribution in [0, 0.1) is 27.7 Å². The van der Waals surface area contributed by atoms with Gasteiger partial charge in [0.2, 0.25) is 5.91 Å². The zero-order chi connectivity index (χ0) is 21.4. The largest absolute Gasteiger partial charge is 0.324 e. The number of aryl methyl sites for hydroxylation is 4. The van der Waals surface area contributed by atoms with Crippen molar-refractivity contribution in [1.82, 2.24) is 14.8 Å². The second-order valence-electron chi connectivity index (χ2n) is 7.40. The van der Waals surface area contributed by atoms with Gasteiger partial charge in [-0.3, -0.25) is 9.59 Å². The molecule has 7 heteroatoms. The monoisotopic (exact) mass is 418 g/mol. The number of benzene rings is 2. The van der Waals surface area contributed by atoms with Crippen molar-refractivity contribution in [2.75, 3.05) is 5.32 Å². The summed E-state index contributed by atoms with van der Waals surface area (Å²) >= 11 is 1.45. The number of amides is 1. The summed E-state index contributed by atoms with van der Waals surface area (Å²) < 4.78 is 1.96. The van der Waals surface area contributed by atoms with Crippen molar-refractivity contribution >= 4 is 33.1 Å². The second-order valence-corrected chi connectivity index (χ2v) is 8.61. The molecule has 1 amide bonds. The van der Waals surface area contributed by atoms with Gasteiger partial charge in [-0.2, -0.15) is 5.10 Å². The van der Waals surface area contributed by atoms with Crippen molar-refractivity contribution in [3.8, 4) is 11.3 Å². The minimum Gasteiger partial charge on any atom is -0.324 e. The Morgan fingerprint density at radius 1 is 1.07 bits per heavy atom. The predicted molar refractivity (Wildman–Crippen MR) is 121 cm³/mol. The van der Waals surface area contributed by atoms with E-state index in [0.717, 1.165) is 37.6 Å². The number of carbonyl (C=O) groups excluding carboxylic acids is 1. The van der Waals surface area contributed by atoms with Crippen LogP contribution in [0.4, 0.5) is 5.69 Å². The van der Waals surface area contributed by atoms with Gasteiger partial charge < -0.3 is 5.32 Å². The lowest BCUT2D eigenvalue weighted by atomic mass is 10.0. The predicted octanol–water partition coefficient (Wildman–Crippen LogP) is 4.39. The Hall–Kier alpha value is -3.32. The number of thiazole rings is 1. The molecule has 0 saturated carbocycles. The van der Waals surface area contributed by atoms with Crippen LogP contribution >= 0.6 is 11.3 Å². The zero-order valence-electron chi connectivity index (χ0n) is 17.3. The van der Waals surface area contributed by atoms with Gasteiger partial charge in [0.05, 0.1) is 9.71 Å². The number of fused-ring (bicyclic) bond motifs is 1. The first-order valence-corrected chi connectivity index (χ1v) is 10.5. The molecule has 0 aliphatic heterocycles. The van der Waals surface area contributed by atoms with Crippen LogP contribution in [0.1, 0.15) is 21.7 Å². The Balaban J connectivity index is 1.79. The molecule has 0 unspecified atom stereocenters. The SMILES string of the molecule is Cc1ccc(-c2nn(CC(=O)Nc3ccccc3C)c(=O)c3nc(C)sc23)c(C)c1. The maximum atomic E-state index is 13.0. The fourth-order valence-electron chi connectivity index (χ4n) is 3.47. The molecule has 0 aliphatic rings. The summed E-state index contributed by atoms with van der Waals surface area (Å²) in [5, 5.41) is 8.24. The van der Waals surface area contributed by atoms with E-state index in [1.165, 1.54) is 16.0 Å². The topological polar surface area (TPSA) is 76.9 Å². The van der Waals surface area contributed by atoms with Crippen molar-refractivity contribution in [2.45, 2.75) is 34.2 Å². The summed E-state index contributed by atoms with van der Waals surface area (Å²) in [4.78, 5) is 30.1. The summed E-state index contributed by atoms with van der Waals surface area (Å²) in [6, 6.07) is 13.6. The van der Waals surface area contributed by atoms with E-state index in [1.54, 1.807) is 0 Å². The van der Waals surface area contributed by atoms with E-state index < -0.39 is 0 Å². The van der Waals surface area contributed by atoms with Crippen LogP contribution < -0.4 is 10.9 Å². The van der Waals surface area contributed by atoms with Gasteiger partial charge >= 0.3 is 0 Å². The molecule has 4 aromatic rings. The molecule has 0 atom stereocenters. The molecule has 0 spiro atoms. The van der Waals surface area contributed by atoms with Crippen LogP contribution in [0.3, 0.4) is 0 Å². The highest BCUT2D eigenvalue weighted by Gasteiger charge is 2.19. The molecule has 2 heterocycles. The lowest BCUT2D eigenvalue weighted by Gasteiger charge is -2.12. The number of hydrogen-bond acceptors (Lipinski definition) is 5. The minimum absolute atomic E-state index is 0.183. The van der Waals surface area contributed by atoms with Crippen molar-refractivity contribution in [1.29, 1.82) is 0 Å². The Bertz CT molecular complexity index is 1340. The number of carbonyl (C=O) groups is 1. The minimum atomic E-state index is -0.359. The molecular formula is C23H22N4O2S. The van der Waals surface area contributed by atoms with Crippen LogP contribution in [-0.2, 0) is 11.3 Å². The second kappa shape index (κ2) is 7.84. The smallest absolute Gasteiger partial charge is 0.294 e. The number of nitrogens with zero attached hydrogens (tertiary/aromatic N) is 3. The fraction of sp³-hybridized carbons (Fsp3) is 0.217. The Labute approximate surface area is 178 Å². The van der Waals surface area contributed by atoms with Crippen molar-refractivity contribution in [2.24, 2.45) is 0 Å². The summed E-state index contributed by atoms with van der Waals surface area (Å²) in [6.07, 6.45) is 0. The molecule has 2 aromatic heterocycles. The lowest BCUT2D eigenvalue weighted by Crippen LogP contribution is -2.30. The van der Waals surface area contributed by atoms with Gasteiger partial charge in [0.15, 0.2) is 5.52 Å². The Kier molecular flexibility index (Phi) is 5.22. The molecule has 6 nitrogen and oxygen atoms in total. The normalized spacial score (nSPS) is 11.1. The zero-order valence-corrected chi connectivity index (χ0v) is 18.1. The van der Waals surface area contributed by atoms with Gasteiger partial charge in [-0.25, -0.2) is 9.67 Å². The Morgan fingerprint density at radius 2 is 1.83 bits per heavy atom. The van der Waals surface area contributed by atoms with Crippen LogP contribution in [0.25, 0.3) is 21.5 Å². The van der Waals surface area contributed by atoms with E-state index >= 15 is 0 Å². The average molecular weight is 419 g/mol. The summed E-state index contributed by atoms with van der Waals surface area (Å²) in [6.45, 7) is 7.66. The van der Waals surface area contributed by atoms with E-state index in [9.17, 15) is 9.59 Å². The van der Waals surface area contributed by atoms with Crippen LogP contribution in [-0.4, -0.2) is 20.7 Å². The highest BCUT2D eigenvalue weighted by molar-refractivity contribution is 7.19. The average Bonchev–Trinajstić information content (AvgIpc) is 3.08. The van der Waals surface area contributed by atoms with E-state index in [0.29, 0.717) is 11.2 Å². The first-order chi connectivity index (χ1) is 14.3. The Morgan fingerprint density at radius 3 is 2.57 bits per heavy atom. The van der Waals surface area contributed by atoms with Crippen molar-refractivity contribution in [3.05, 3.63) is 74.5 Å². The molecule has 0 bridgehead atoms. The summed E-state index contributed by atoms with van der Waals surface area (Å²) in [7, 11) is 0. The molecular weight excluding hydrogens is 396 g/mol. The van der Waals surface area contributed by atoms with Gasteiger partial charge in [-0.15, -0.1) is 11.3 Å². The third-order valence-electron chi connectivity index (χ3n) is 4.96. The number of anilines is 1. The van der Waals surface area contributed by atoms with Gasteiger partial charge in [-0.05, 0) is 44.9 Å². The third kappa shape index (κ3) is 3.76. The maximum absolute atomic E-state index is 13.0. The summed E-state index contributed by atoms with van der Waals surface area (Å²) in [5.41, 5.74) is 5.49. The molecule has 1 N–H and O–H groups in total. The van der Waals surface area contributed by atoms with Crippen LogP contribution in [0.2, 0.25) is 0 Å². The van der Waals surface area contributed by atoms with Crippen LogP contribution in [0.15, 0.2) is 47.3 Å². The number of rotatable bonds is 4. The third-order valence-corrected chi connectivity index (χ3v) is 5.93. The molecule has 152 valence electrons. The van der Waals surface area contributed by atoms with E-state index in [-0.39, 0.29) is 18.0 Å². The van der Waals surface area contributed by atoms with Gasteiger partial charge in [-0.1, -0.05) is 42.0 Å². The number of nitrogens with one attached hydrogen (secondary N) is 1. The molecule has 30 heavy (non-hydrogen) atoms. The molecule has 0 aliphatic carbocycles. The first kappa shape index (κ1) is 20.0. The fourth-order valence-corrected chi connectivity index (χ4v) is 4.38. The highest BCUT2D eigenvalue weighted by Crippen LogP contribution is 2.31. The van der Waals surface area contributed by atoms with Gasteiger partial charge in [0.1, 0.15) is 12.2 Å². The lowest BCUT2D eigenvalue weighted by molar-refractivity contribution is -0.117. The number of aromatic nitrogens is 3. The quantitative estimate of drug-likeness (QED) is 0.533. The molecule has 0 fully saturated rings. The highest BCUT2D eigenvalue weighted by atomic mass is 32.1. The number of hydrogen-bond donors (Lipinski definition) is 1. The van der Waals surface area contributed by atoms with Crippen molar-refractivity contribution < 1.29 is 4.79 Å². The molecule has 2 aromatic carbocycles. The first-order valence-electron chi connectivity index (χ1n) is 9.65. The van der Waals surface area contributed by atoms with E-state index in [1.807, 2.05) is 64.1 Å². The summed E-state index contributed by atoms with van der Waals surface area (Å²) in [5.74, 6) is -0.309. The molecule has 4 rings (SSSR count). The number of para-hydroxylation sites is 1. The van der Waals surface area contributed by atoms with E-state index in [2.05, 4.69) is 21.5 Å². The van der Waals surface area contributed by atoms with Gasteiger partial charge in [0.25, 0.3) is 5.56 Å². The van der Waals surface area contributed by atoms with E-state index in [4.69, 9.17) is 0 Å². The maximum Gasteiger partial charge on any atom is 0.294 e. The molecule has 0 radical (unpaired) electrons. The molecule has 0 saturated heterocycles. The van der Waals surface area contributed by atoms with Gasteiger partial charge in [0, 0.05) is 11.3 Å².